The van der Waals surface area contributed by atoms with E-state index in [1.165, 1.54) is 6.07 Å². The summed E-state index contributed by atoms with van der Waals surface area (Å²) < 4.78 is 1.57. The molecule has 0 spiro atoms. The molecule has 6 heteroatoms. The normalized spacial score (nSPS) is 10.8. The van der Waals surface area contributed by atoms with E-state index in [2.05, 4.69) is 15.2 Å². The third-order valence-corrected chi connectivity index (χ3v) is 1.61. The molecular weight excluding hydrogens is 158 g/mol. The largest absolute Gasteiger partial charge is 0.369 e. The van der Waals surface area contributed by atoms with Crippen molar-refractivity contribution in [3.8, 4) is 0 Å². The Hall–Kier alpha value is -1.85. The highest BCUT2D eigenvalue weighted by Crippen LogP contribution is 2.02. The zero-order valence-corrected chi connectivity index (χ0v) is 6.40. The number of nitrogens with zero attached hydrogens (tertiary/aromatic N) is 3. The van der Waals surface area contributed by atoms with Gasteiger partial charge in [-0.2, -0.15) is 10.1 Å². The molecule has 0 saturated carbocycles. The van der Waals surface area contributed by atoms with Crippen molar-refractivity contribution in [2.45, 2.75) is 6.92 Å². The van der Waals surface area contributed by atoms with E-state index in [0.717, 1.165) is 0 Å². The Morgan fingerprint density at radius 3 is 3.17 bits per heavy atom. The topological polar surface area (TPSA) is 89.1 Å². The Labute approximate surface area is 67.0 Å². The lowest BCUT2D eigenvalue weighted by Crippen LogP contribution is -2.12. The molecule has 0 fully saturated rings. The molecule has 62 valence electrons. The van der Waals surface area contributed by atoms with Gasteiger partial charge in [-0.15, -0.1) is 0 Å². The Balaban J connectivity index is 3.02. The van der Waals surface area contributed by atoms with E-state index in [1.807, 2.05) is 0 Å². The number of nitrogens with one attached hydrogen (secondary N) is 1. The van der Waals surface area contributed by atoms with Gasteiger partial charge in [-0.05, 0) is 6.92 Å². The van der Waals surface area contributed by atoms with Gasteiger partial charge in [0.05, 0.1) is 0 Å². The van der Waals surface area contributed by atoms with E-state index in [1.54, 1.807) is 11.3 Å². The number of fused-ring (bicyclic) bond motifs is 1. The van der Waals surface area contributed by atoms with Crippen molar-refractivity contribution in [1.82, 2.24) is 19.6 Å². The third kappa shape index (κ3) is 0.777. The maximum Gasteiger partial charge on any atom is 0.276 e. The van der Waals surface area contributed by atoms with Crippen molar-refractivity contribution in [3.63, 3.8) is 0 Å². The first kappa shape index (κ1) is 6.84. The highest BCUT2D eigenvalue weighted by molar-refractivity contribution is 5.42. The molecule has 0 atom stereocenters. The zero-order valence-electron chi connectivity index (χ0n) is 6.40. The predicted molar refractivity (Wildman–Crippen MR) is 42.8 cm³/mol. The second-order valence-electron chi connectivity index (χ2n) is 2.44. The molecule has 0 aromatic carbocycles. The number of nitrogen functional groups attached to an aromatic ring is 1. The molecule has 0 bridgehead atoms. The van der Waals surface area contributed by atoms with Gasteiger partial charge in [-0.3, -0.25) is 14.3 Å². The van der Waals surface area contributed by atoms with Gasteiger partial charge < -0.3 is 5.73 Å². The number of rotatable bonds is 0. The second-order valence-corrected chi connectivity index (χ2v) is 2.44. The molecule has 3 N–H and O–H groups in total. The molecular formula is C6H7N5O. The summed E-state index contributed by atoms with van der Waals surface area (Å²) in [6.07, 6.45) is 0. The number of H-pyrrole nitrogens is 1. The van der Waals surface area contributed by atoms with E-state index in [0.29, 0.717) is 11.5 Å². The SMILES string of the molecule is Cc1n[nH]c2cc(=O)nc(N)n12. The van der Waals surface area contributed by atoms with Crippen LogP contribution in [-0.4, -0.2) is 19.6 Å². The number of aryl methyl sites for hydroxylation is 1. The van der Waals surface area contributed by atoms with Crippen LogP contribution in [-0.2, 0) is 0 Å². The molecule has 0 aliphatic heterocycles. The van der Waals surface area contributed by atoms with Crippen LogP contribution in [0.15, 0.2) is 10.9 Å². The molecule has 0 unspecified atom stereocenters. The lowest BCUT2D eigenvalue weighted by atomic mass is 10.6. The standard InChI is InChI=1S/C6H7N5O/c1-3-9-10-4-2-5(12)8-6(7)11(3)4/h2,10H,1H3,(H2,7,8,12). The molecule has 0 radical (unpaired) electrons. The van der Waals surface area contributed by atoms with Gasteiger partial charge in [0.25, 0.3) is 5.56 Å². The molecule has 6 nitrogen and oxygen atoms in total. The van der Waals surface area contributed by atoms with Crippen LogP contribution in [0.5, 0.6) is 0 Å². The molecule has 0 amide bonds. The summed E-state index contributed by atoms with van der Waals surface area (Å²) in [5, 5.41) is 6.54. The van der Waals surface area contributed by atoms with Crippen LogP contribution in [0.2, 0.25) is 0 Å². The molecule has 0 saturated heterocycles. The zero-order chi connectivity index (χ0) is 8.72. The maximum absolute atomic E-state index is 10.9. The maximum atomic E-state index is 10.9. The number of aromatic amines is 1. The van der Waals surface area contributed by atoms with Crippen molar-refractivity contribution in [2.75, 3.05) is 5.73 Å². The van der Waals surface area contributed by atoms with Crippen molar-refractivity contribution < 1.29 is 0 Å². The summed E-state index contributed by atoms with van der Waals surface area (Å²) >= 11 is 0. The van der Waals surface area contributed by atoms with E-state index < -0.39 is 0 Å². The van der Waals surface area contributed by atoms with E-state index in [-0.39, 0.29) is 11.5 Å². The summed E-state index contributed by atoms with van der Waals surface area (Å²) in [6, 6.07) is 1.34. The Bertz CT molecular complexity index is 482. The summed E-state index contributed by atoms with van der Waals surface area (Å²) in [5.74, 6) is 0.832. The first-order chi connectivity index (χ1) is 5.68. The molecule has 12 heavy (non-hydrogen) atoms. The van der Waals surface area contributed by atoms with E-state index in [9.17, 15) is 4.79 Å². The van der Waals surface area contributed by atoms with Crippen LogP contribution in [0.4, 0.5) is 5.95 Å². The Kier molecular flexibility index (Phi) is 1.18. The summed E-state index contributed by atoms with van der Waals surface area (Å²) in [7, 11) is 0. The smallest absolute Gasteiger partial charge is 0.276 e. The fourth-order valence-corrected chi connectivity index (χ4v) is 1.11. The van der Waals surface area contributed by atoms with Crippen LogP contribution >= 0.6 is 0 Å². The lowest BCUT2D eigenvalue weighted by molar-refractivity contribution is 0.988. The van der Waals surface area contributed by atoms with Gasteiger partial charge in [-0.1, -0.05) is 0 Å². The second kappa shape index (κ2) is 2.07. The van der Waals surface area contributed by atoms with Crippen molar-refractivity contribution in [2.24, 2.45) is 0 Å². The van der Waals surface area contributed by atoms with Crippen LogP contribution in [0.1, 0.15) is 5.82 Å². The average molecular weight is 165 g/mol. The van der Waals surface area contributed by atoms with Gasteiger partial charge >= 0.3 is 0 Å². The fraction of sp³-hybridized carbons (Fsp3) is 0.167. The average Bonchev–Trinajstić information content (AvgIpc) is 2.31. The van der Waals surface area contributed by atoms with E-state index >= 15 is 0 Å². The van der Waals surface area contributed by atoms with Gasteiger partial charge in [0.2, 0.25) is 5.95 Å². The summed E-state index contributed by atoms with van der Waals surface area (Å²) in [5.41, 5.74) is 5.69. The van der Waals surface area contributed by atoms with Crippen molar-refractivity contribution in [1.29, 1.82) is 0 Å². The number of hydrogen-bond donors (Lipinski definition) is 2. The third-order valence-electron chi connectivity index (χ3n) is 1.61. The number of anilines is 1. The van der Waals surface area contributed by atoms with E-state index in [4.69, 9.17) is 5.73 Å². The molecule has 2 heterocycles. The molecule has 2 aromatic rings. The van der Waals surface area contributed by atoms with Gasteiger partial charge in [-0.25, -0.2) is 0 Å². The van der Waals surface area contributed by atoms with Gasteiger partial charge in [0.1, 0.15) is 11.5 Å². The Morgan fingerprint density at radius 2 is 2.42 bits per heavy atom. The minimum atomic E-state index is -0.365. The fourth-order valence-electron chi connectivity index (χ4n) is 1.11. The molecule has 0 aliphatic rings. The van der Waals surface area contributed by atoms with Crippen LogP contribution in [0.25, 0.3) is 5.65 Å². The quantitative estimate of drug-likeness (QED) is 0.540. The lowest BCUT2D eigenvalue weighted by Gasteiger charge is -1.96. The van der Waals surface area contributed by atoms with Crippen molar-refractivity contribution >= 4 is 11.6 Å². The summed E-state index contributed by atoms with van der Waals surface area (Å²) in [6.45, 7) is 1.77. The first-order valence-electron chi connectivity index (χ1n) is 3.39. The molecule has 2 aromatic heterocycles. The minimum Gasteiger partial charge on any atom is -0.369 e. The number of aromatic nitrogens is 4. The van der Waals surface area contributed by atoms with Crippen LogP contribution in [0, 0.1) is 6.92 Å². The van der Waals surface area contributed by atoms with Crippen LogP contribution < -0.4 is 11.3 Å². The highest BCUT2D eigenvalue weighted by atomic mass is 16.1. The molecule has 2 rings (SSSR count). The predicted octanol–water partition coefficient (Wildman–Crippen LogP) is -0.692. The summed E-state index contributed by atoms with van der Waals surface area (Å²) in [4.78, 5) is 14.4. The number of hydrogen-bond acceptors (Lipinski definition) is 4. The first-order valence-corrected chi connectivity index (χ1v) is 3.39. The van der Waals surface area contributed by atoms with Gasteiger partial charge in [0.15, 0.2) is 0 Å². The highest BCUT2D eigenvalue weighted by Gasteiger charge is 2.03. The van der Waals surface area contributed by atoms with Gasteiger partial charge in [0, 0.05) is 6.07 Å². The molecule has 0 aliphatic carbocycles. The van der Waals surface area contributed by atoms with Crippen molar-refractivity contribution in [3.05, 3.63) is 22.2 Å². The minimum absolute atomic E-state index is 0.156. The monoisotopic (exact) mass is 165 g/mol. The number of nitrogens with two attached hydrogens (primary N) is 1. The van der Waals surface area contributed by atoms with Crippen LogP contribution in [0.3, 0.4) is 0 Å². The Morgan fingerprint density at radius 1 is 1.67 bits per heavy atom.